The zero-order valence-electron chi connectivity index (χ0n) is 17.6. The van der Waals surface area contributed by atoms with Crippen LogP contribution in [-0.2, 0) is 11.2 Å². The zero-order chi connectivity index (χ0) is 22.6. The summed E-state index contributed by atoms with van der Waals surface area (Å²) in [6.45, 7) is 0. The first-order valence-corrected chi connectivity index (χ1v) is 11.4. The summed E-state index contributed by atoms with van der Waals surface area (Å²) in [5.41, 5.74) is 5.17. The van der Waals surface area contributed by atoms with Crippen LogP contribution in [0.5, 0.6) is 0 Å². The van der Waals surface area contributed by atoms with Gasteiger partial charge in [0, 0.05) is 35.0 Å². The number of benzene rings is 3. The molecule has 0 saturated carbocycles. The van der Waals surface area contributed by atoms with Gasteiger partial charge in [-0.1, -0.05) is 54.6 Å². The monoisotopic (exact) mass is 452 g/mol. The van der Waals surface area contributed by atoms with Crippen molar-refractivity contribution in [1.82, 2.24) is 15.0 Å². The lowest BCUT2D eigenvalue weighted by Crippen LogP contribution is -2.19. The number of anilines is 1. The Morgan fingerprint density at radius 2 is 1.64 bits per heavy atom. The van der Waals surface area contributed by atoms with Gasteiger partial charge in [0.05, 0.1) is 16.7 Å². The van der Waals surface area contributed by atoms with Crippen molar-refractivity contribution in [3.05, 3.63) is 100 Å². The van der Waals surface area contributed by atoms with E-state index in [0.717, 1.165) is 21.8 Å². The molecule has 1 amide bonds. The lowest BCUT2D eigenvalue weighted by molar-refractivity contribution is -0.116. The van der Waals surface area contributed by atoms with Crippen molar-refractivity contribution >= 4 is 34.0 Å². The van der Waals surface area contributed by atoms with E-state index >= 15 is 0 Å². The van der Waals surface area contributed by atoms with E-state index in [0.29, 0.717) is 22.4 Å². The van der Waals surface area contributed by atoms with Crippen molar-refractivity contribution in [2.75, 3.05) is 5.32 Å². The second-order valence-electron chi connectivity index (χ2n) is 7.56. The molecule has 0 spiro atoms. The fourth-order valence-electron chi connectivity index (χ4n) is 3.54. The molecular formula is C26H20N4O2S. The number of thiazole rings is 1. The Labute approximate surface area is 194 Å². The minimum absolute atomic E-state index is 0.169. The van der Waals surface area contributed by atoms with Crippen LogP contribution in [0.3, 0.4) is 0 Å². The fourth-order valence-corrected chi connectivity index (χ4v) is 4.37. The third-order valence-electron chi connectivity index (χ3n) is 5.25. The van der Waals surface area contributed by atoms with Crippen molar-refractivity contribution in [1.29, 1.82) is 0 Å². The first-order chi connectivity index (χ1) is 16.2. The van der Waals surface area contributed by atoms with E-state index in [-0.39, 0.29) is 24.3 Å². The molecule has 2 aromatic heterocycles. The molecule has 0 aliphatic heterocycles. The molecule has 0 unspecified atom stereocenters. The number of nitrogens with zero attached hydrogens (tertiary/aromatic N) is 2. The van der Waals surface area contributed by atoms with Crippen molar-refractivity contribution < 1.29 is 4.79 Å². The summed E-state index contributed by atoms with van der Waals surface area (Å²) in [4.78, 5) is 36.6. The molecule has 33 heavy (non-hydrogen) atoms. The van der Waals surface area contributed by atoms with Crippen LogP contribution in [0.2, 0.25) is 0 Å². The number of aryl methyl sites for hydroxylation is 1. The minimum Gasteiger partial charge on any atom is -0.326 e. The topological polar surface area (TPSA) is 87.7 Å². The van der Waals surface area contributed by atoms with Gasteiger partial charge in [0.2, 0.25) is 5.91 Å². The van der Waals surface area contributed by atoms with Crippen LogP contribution < -0.4 is 10.9 Å². The Balaban J connectivity index is 1.22. The molecule has 3 aromatic carbocycles. The van der Waals surface area contributed by atoms with Crippen LogP contribution in [0.25, 0.3) is 32.9 Å². The van der Waals surface area contributed by atoms with Gasteiger partial charge in [-0.2, -0.15) is 0 Å². The highest BCUT2D eigenvalue weighted by Crippen LogP contribution is 2.29. The van der Waals surface area contributed by atoms with Crippen LogP contribution >= 0.6 is 11.3 Å². The molecule has 2 N–H and O–H groups in total. The van der Waals surface area contributed by atoms with Crippen molar-refractivity contribution in [2.45, 2.75) is 12.8 Å². The highest BCUT2D eigenvalue weighted by molar-refractivity contribution is 7.13. The molecule has 0 fully saturated rings. The summed E-state index contributed by atoms with van der Waals surface area (Å²) in [5, 5.41) is 5.89. The number of nitrogens with one attached hydrogen (secondary N) is 2. The van der Waals surface area contributed by atoms with Gasteiger partial charge < -0.3 is 10.3 Å². The number of rotatable bonds is 6. The number of hydrogen-bond acceptors (Lipinski definition) is 5. The summed E-state index contributed by atoms with van der Waals surface area (Å²) in [7, 11) is 0. The molecule has 2 heterocycles. The Morgan fingerprint density at radius 3 is 2.45 bits per heavy atom. The van der Waals surface area contributed by atoms with Crippen LogP contribution in [-0.4, -0.2) is 20.9 Å². The third kappa shape index (κ3) is 4.73. The average molecular weight is 453 g/mol. The summed E-state index contributed by atoms with van der Waals surface area (Å²) < 4.78 is 0. The first kappa shape index (κ1) is 20.8. The highest BCUT2D eigenvalue weighted by atomic mass is 32.1. The first-order valence-electron chi connectivity index (χ1n) is 10.5. The number of H-pyrrole nitrogens is 1. The van der Waals surface area contributed by atoms with Gasteiger partial charge in [0.1, 0.15) is 10.7 Å². The lowest BCUT2D eigenvalue weighted by atomic mass is 10.1. The van der Waals surface area contributed by atoms with E-state index in [1.165, 1.54) is 0 Å². The van der Waals surface area contributed by atoms with E-state index in [1.54, 1.807) is 17.4 Å². The number of carbonyl (C=O) groups excluding carboxylic acids is 1. The molecule has 5 rings (SSSR count). The number of amides is 1. The molecule has 0 radical (unpaired) electrons. The van der Waals surface area contributed by atoms with Gasteiger partial charge in [-0.15, -0.1) is 11.3 Å². The SMILES string of the molecule is O=C(CCc1nc2ccccc2[nH]c1=O)Nc1ccc(-c2csc(-c3ccccc3)n2)cc1. The molecule has 0 saturated heterocycles. The molecule has 0 bridgehead atoms. The van der Waals surface area contributed by atoms with Gasteiger partial charge in [0.25, 0.3) is 5.56 Å². The summed E-state index contributed by atoms with van der Waals surface area (Å²) in [5.74, 6) is -0.169. The van der Waals surface area contributed by atoms with Crippen LogP contribution in [0.1, 0.15) is 12.1 Å². The van der Waals surface area contributed by atoms with E-state index in [4.69, 9.17) is 4.98 Å². The second kappa shape index (κ2) is 9.18. The molecule has 0 atom stereocenters. The molecular weight excluding hydrogens is 432 g/mol. The molecule has 162 valence electrons. The Hall–Kier alpha value is -4.10. The molecule has 0 aliphatic rings. The Kier molecular flexibility index (Phi) is 5.78. The number of aromatic amines is 1. The minimum atomic E-state index is -0.260. The number of hydrogen-bond donors (Lipinski definition) is 2. The predicted molar refractivity (Wildman–Crippen MR) is 132 cm³/mol. The number of carbonyl (C=O) groups is 1. The standard InChI is InChI=1S/C26H20N4O2S/c31-24(15-14-22-25(32)29-21-9-5-4-8-20(21)28-22)27-19-12-10-17(11-13-19)23-16-33-26(30-23)18-6-2-1-3-7-18/h1-13,16H,14-15H2,(H,27,31)(H,29,32). The van der Waals surface area contributed by atoms with Crippen LogP contribution in [0, 0.1) is 0 Å². The summed E-state index contributed by atoms with van der Waals surface area (Å²) in [6, 6.07) is 25.0. The van der Waals surface area contributed by atoms with E-state index in [2.05, 4.69) is 15.3 Å². The van der Waals surface area contributed by atoms with Gasteiger partial charge in [-0.25, -0.2) is 9.97 Å². The largest absolute Gasteiger partial charge is 0.326 e. The smallest absolute Gasteiger partial charge is 0.270 e. The Bertz CT molecular complexity index is 1470. The maximum Gasteiger partial charge on any atom is 0.270 e. The third-order valence-corrected chi connectivity index (χ3v) is 6.14. The lowest BCUT2D eigenvalue weighted by Gasteiger charge is -2.06. The Morgan fingerprint density at radius 1 is 0.879 bits per heavy atom. The number of para-hydroxylation sites is 2. The number of aromatic nitrogens is 3. The maximum atomic E-state index is 12.4. The molecule has 5 aromatic rings. The van der Waals surface area contributed by atoms with E-state index in [9.17, 15) is 9.59 Å². The summed E-state index contributed by atoms with van der Waals surface area (Å²) in [6.07, 6.45) is 0.438. The average Bonchev–Trinajstić information content (AvgIpc) is 3.34. The molecule has 7 heteroatoms. The van der Waals surface area contributed by atoms with Crippen molar-refractivity contribution in [3.63, 3.8) is 0 Å². The second-order valence-corrected chi connectivity index (χ2v) is 8.42. The van der Waals surface area contributed by atoms with Crippen molar-refractivity contribution in [3.8, 4) is 21.8 Å². The fraction of sp³-hybridized carbons (Fsp3) is 0.0769. The van der Waals surface area contributed by atoms with Crippen LogP contribution in [0.15, 0.2) is 89.0 Å². The highest BCUT2D eigenvalue weighted by Gasteiger charge is 2.10. The quantitative estimate of drug-likeness (QED) is 0.367. The zero-order valence-corrected chi connectivity index (χ0v) is 18.4. The number of fused-ring (bicyclic) bond motifs is 1. The molecule has 6 nitrogen and oxygen atoms in total. The van der Waals surface area contributed by atoms with Crippen molar-refractivity contribution in [2.24, 2.45) is 0 Å². The predicted octanol–water partition coefficient (Wildman–Crippen LogP) is 5.28. The maximum absolute atomic E-state index is 12.4. The van der Waals surface area contributed by atoms with Gasteiger partial charge in [0.15, 0.2) is 0 Å². The van der Waals surface area contributed by atoms with E-state index in [1.807, 2.05) is 78.2 Å². The van der Waals surface area contributed by atoms with Gasteiger partial charge in [-0.05, 0) is 24.3 Å². The van der Waals surface area contributed by atoms with Crippen LogP contribution in [0.4, 0.5) is 5.69 Å². The van der Waals surface area contributed by atoms with Gasteiger partial charge >= 0.3 is 0 Å². The van der Waals surface area contributed by atoms with Gasteiger partial charge in [-0.3, -0.25) is 9.59 Å². The normalized spacial score (nSPS) is 10.9. The molecule has 0 aliphatic carbocycles. The van der Waals surface area contributed by atoms with E-state index < -0.39 is 0 Å². The summed E-state index contributed by atoms with van der Waals surface area (Å²) >= 11 is 1.60.